The summed E-state index contributed by atoms with van der Waals surface area (Å²) in [6, 6.07) is 17.5. The molecule has 2 aromatic heterocycles. The molecule has 0 aliphatic carbocycles. The first kappa shape index (κ1) is 20.7. The van der Waals surface area contributed by atoms with E-state index in [9.17, 15) is 9.59 Å². The molecule has 0 saturated heterocycles. The fourth-order valence-electron chi connectivity index (χ4n) is 4.23. The molecule has 0 N–H and O–H groups in total. The topological polar surface area (TPSA) is 72.6 Å². The molecule has 4 aromatic rings. The number of aromatic nitrogens is 1. The molecule has 33 heavy (non-hydrogen) atoms. The van der Waals surface area contributed by atoms with Crippen LogP contribution in [0.3, 0.4) is 0 Å². The minimum Gasteiger partial charge on any atom is -0.490 e. The van der Waals surface area contributed by atoms with Crippen LogP contribution in [0.15, 0.2) is 82.5 Å². The van der Waals surface area contributed by atoms with E-state index in [0.717, 1.165) is 16.8 Å². The van der Waals surface area contributed by atoms with Crippen molar-refractivity contribution in [3.8, 4) is 5.75 Å². The lowest BCUT2D eigenvalue weighted by Gasteiger charge is -2.24. The fraction of sp³-hybridized carbons (Fsp3) is 0.148. The van der Waals surface area contributed by atoms with Gasteiger partial charge in [-0.3, -0.25) is 14.5 Å². The van der Waals surface area contributed by atoms with E-state index in [1.54, 1.807) is 24.3 Å². The molecule has 1 atom stereocenters. The number of carbonyl (C=O) groups excluding carboxylic acids is 1. The standard InChI is InChI=1S/C27H22N2O4/c1-4-13-32-19-9-6-8-18(15-19)24-23-25(30)20-14-16(2)11-12-21(20)33-26(23)27(31)29(24)22-10-5-7-17(3)28-22/h4-12,14-15,24H,1,13H2,2-3H3. The number of fused-ring (bicyclic) bond motifs is 2. The zero-order chi connectivity index (χ0) is 23.1. The number of amides is 1. The smallest absolute Gasteiger partial charge is 0.296 e. The third-order valence-electron chi connectivity index (χ3n) is 5.69. The number of hydrogen-bond acceptors (Lipinski definition) is 5. The van der Waals surface area contributed by atoms with Crippen molar-refractivity contribution in [1.82, 2.24) is 4.98 Å². The Bertz CT molecular complexity index is 1470. The number of rotatable bonds is 5. The molecule has 6 nitrogen and oxygen atoms in total. The molecule has 1 aliphatic heterocycles. The van der Waals surface area contributed by atoms with Gasteiger partial charge in [-0.25, -0.2) is 4.98 Å². The average molecular weight is 438 g/mol. The molecular formula is C27H22N2O4. The van der Waals surface area contributed by atoms with Crippen molar-refractivity contribution in [2.75, 3.05) is 11.5 Å². The second-order valence-corrected chi connectivity index (χ2v) is 8.06. The Morgan fingerprint density at radius 3 is 2.70 bits per heavy atom. The van der Waals surface area contributed by atoms with E-state index in [1.165, 1.54) is 4.90 Å². The molecular weight excluding hydrogens is 416 g/mol. The summed E-state index contributed by atoms with van der Waals surface area (Å²) in [6.45, 7) is 7.80. The zero-order valence-corrected chi connectivity index (χ0v) is 18.4. The van der Waals surface area contributed by atoms with Crippen molar-refractivity contribution in [2.24, 2.45) is 0 Å². The second-order valence-electron chi connectivity index (χ2n) is 8.06. The Hall–Kier alpha value is -4.19. The maximum absolute atomic E-state index is 13.7. The number of pyridine rings is 1. The van der Waals surface area contributed by atoms with E-state index in [1.807, 2.05) is 56.3 Å². The molecule has 5 rings (SSSR count). The molecule has 0 bridgehead atoms. The van der Waals surface area contributed by atoms with E-state index < -0.39 is 11.9 Å². The number of hydrogen-bond donors (Lipinski definition) is 0. The van der Waals surface area contributed by atoms with Crippen LogP contribution in [-0.4, -0.2) is 17.5 Å². The van der Waals surface area contributed by atoms with Crippen molar-refractivity contribution >= 4 is 22.7 Å². The monoisotopic (exact) mass is 438 g/mol. The summed E-state index contributed by atoms with van der Waals surface area (Å²) in [5, 5.41) is 0.449. The Balaban J connectivity index is 1.78. The van der Waals surface area contributed by atoms with Crippen LogP contribution >= 0.6 is 0 Å². The molecule has 164 valence electrons. The normalized spacial score (nSPS) is 15.0. The van der Waals surface area contributed by atoms with E-state index in [4.69, 9.17) is 9.15 Å². The van der Waals surface area contributed by atoms with Gasteiger partial charge in [-0.15, -0.1) is 0 Å². The van der Waals surface area contributed by atoms with Gasteiger partial charge in [0, 0.05) is 5.69 Å². The number of benzene rings is 2. The minimum atomic E-state index is -0.699. The SMILES string of the molecule is C=CCOc1cccc(C2c3c(oc4ccc(C)cc4c3=O)C(=O)N2c2cccc(C)n2)c1. The van der Waals surface area contributed by atoms with Gasteiger partial charge in [0.25, 0.3) is 5.91 Å². The van der Waals surface area contributed by atoms with Crippen LogP contribution in [0.5, 0.6) is 5.75 Å². The lowest BCUT2D eigenvalue weighted by Crippen LogP contribution is -2.30. The van der Waals surface area contributed by atoms with Gasteiger partial charge in [0.15, 0.2) is 5.43 Å². The zero-order valence-electron chi connectivity index (χ0n) is 18.4. The molecule has 0 fully saturated rings. The maximum atomic E-state index is 13.7. The number of nitrogens with zero attached hydrogens (tertiary/aromatic N) is 2. The number of anilines is 1. The van der Waals surface area contributed by atoms with Crippen LogP contribution in [0.25, 0.3) is 11.0 Å². The quantitative estimate of drug-likeness (QED) is 0.405. The van der Waals surface area contributed by atoms with Crippen LogP contribution in [-0.2, 0) is 0 Å². The van der Waals surface area contributed by atoms with Crippen molar-refractivity contribution in [2.45, 2.75) is 19.9 Å². The highest BCUT2D eigenvalue weighted by molar-refractivity contribution is 6.10. The summed E-state index contributed by atoms with van der Waals surface area (Å²) >= 11 is 0. The predicted molar refractivity (Wildman–Crippen MR) is 127 cm³/mol. The van der Waals surface area contributed by atoms with Crippen molar-refractivity contribution in [1.29, 1.82) is 0 Å². The average Bonchev–Trinajstić information content (AvgIpc) is 3.11. The molecule has 1 amide bonds. The van der Waals surface area contributed by atoms with Crippen molar-refractivity contribution in [3.05, 3.63) is 112 Å². The lowest BCUT2D eigenvalue weighted by molar-refractivity contribution is 0.0970. The molecule has 1 unspecified atom stereocenters. The van der Waals surface area contributed by atoms with Crippen LogP contribution in [0.1, 0.15) is 39.0 Å². The molecule has 1 aliphatic rings. The lowest BCUT2D eigenvalue weighted by atomic mass is 9.98. The van der Waals surface area contributed by atoms with Gasteiger partial charge in [0.2, 0.25) is 5.76 Å². The Kier molecular flexibility index (Phi) is 5.05. The van der Waals surface area contributed by atoms with Gasteiger partial charge in [0.1, 0.15) is 23.8 Å². The summed E-state index contributed by atoms with van der Waals surface area (Å²) in [7, 11) is 0. The van der Waals surface area contributed by atoms with Gasteiger partial charge in [0.05, 0.1) is 17.0 Å². The highest BCUT2D eigenvalue weighted by atomic mass is 16.5. The second kappa shape index (κ2) is 8.06. The first-order valence-electron chi connectivity index (χ1n) is 10.7. The molecule has 0 saturated carbocycles. The summed E-state index contributed by atoms with van der Waals surface area (Å²) in [5.41, 5.74) is 2.90. The minimum absolute atomic E-state index is 0.0436. The third-order valence-corrected chi connectivity index (χ3v) is 5.69. The summed E-state index contributed by atoms with van der Waals surface area (Å²) < 4.78 is 11.7. The number of aryl methyl sites for hydroxylation is 2. The predicted octanol–water partition coefficient (Wildman–Crippen LogP) is 5.12. The molecule has 2 aromatic carbocycles. The van der Waals surface area contributed by atoms with Gasteiger partial charge in [-0.05, 0) is 55.8 Å². The summed E-state index contributed by atoms with van der Waals surface area (Å²) in [4.78, 5) is 33.4. The van der Waals surface area contributed by atoms with E-state index >= 15 is 0 Å². The van der Waals surface area contributed by atoms with E-state index in [-0.39, 0.29) is 11.2 Å². The van der Waals surface area contributed by atoms with Gasteiger partial charge >= 0.3 is 0 Å². The van der Waals surface area contributed by atoms with Gasteiger partial charge in [-0.2, -0.15) is 0 Å². The van der Waals surface area contributed by atoms with Gasteiger partial charge in [-0.1, -0.05) is 42.5 Å². The van der Waals surface area contributed by atoms with Crippen LogP contribution in [0, 0.1) is 13.8 Å². The molecule has 6 heteroatoms. The first-order valence-corrected chi connectivity index (χ1v) is 10.7. The van der Waals surface area contributed by atoms with E-state index in [2.05, 4.69) is 11.6 Å². The number of carbonyl (C=O) groups is 1. The highest BCUT2D eigenvalue weighted by Crippen LogP contribution is 2.41. The fourth-order valence-corrected chi connectivity index (χ4v) is 4.23. The number of ether oxygens (including phenoxy) is 1. The maximum Gasteiger partial charge on any atom is 0.296 e. The van der Waals surface area contributed by atoms with Crippen LogP contribution < -0.4 is 15.1 Å². The third kappa shape index (κ3) is 3.49. The largest absolute Gasteiger partial charge is 0.490 e. The first-order chi connectivity index (χ1) is 16.0. The molecule has 0 radical (unpaired) electrons. The molecule has 3 heterocycles. The van der Waals surface area contributed by atoms with E-state index in [0.29, 0.717) is 34.7 Å². The Morgan fingerprint density at radius 1 is 1.09 bits per heavy atom. The highest BCUT2D eigenvalue weighted by Gasteiger charge is 2.44. The van der Waals surface area contributed by atoms with Crippen LogP contribution in [0.2, 0.25) is 0 Å². The Morgan fingerprint density at radius 2 is 1.91 bits per heavy atom. The summed E-state index contributed by atoms with van der Waals surface area (Å²) in [6.07, 6.45) is 1.66. The van der Waals surface area contributed by atoms with Crippen molar-refractivity contribution < 1.29 is 13.9 Å². The Labute approximate surface area is 190 Å². The summed E-state index contributed by atoms with van der Waals surface area (Å²) in [5.74, 6) is 0.715. The van der Waals surface area contributed by atoms with Crippen molar-refractivity contribution in [3.63, 3.8) is 0 Å². The molecule has 0 spiro atoms. The van der Waals surface area contributed by atoms with Crippen LogP contribution in [0.4, 0.5) is 5.82 Å². The van der Waals surface area contributed by atoms with Gasteiger partial charge < -0.3 is 9.15 Å².